The molecule has 2 aromatic carbocycles. The summed E-state index contributed by atoms with van der Waals surface area (Å²) in [6.07, 6.45) is 2.30. The van der Waals surface area contributed by atoms with Crippen LogP contribution in [-0.2, 0) is 0 Å². The molecular weight excluding hydrogens is 354 g/mol. The number of fused-ring (bicyclic) bond motifs is 1. The Kier molecular flexibility index (Phi) is 6.01. The zero-order valence-electron chi connectivity index (χ0n) is 16.9. The predicted octanol–water partition coefficient (Wildman–Crippen LogP) is 6.50. The first-order chi connectivity index (χ1) is 13.0. The molecular formula is C23H28ClN3. The number of hydrogen-bond acceptors (Lipinski definition) is 3. The van der Waals surface area contributed by atoms with Gasteiger partial charge in [-0.1, -0.05) is 43.1 Å². The molecule has 0 spiro atoms. The molecule has 0 atom stereocenters. The number of halogens is 1. The Hall–Kier alpha value is -2.13. The van der Waals surface area contributed by atoms with Gasteiger partial charge in [0.1, 0.15) is 11.6 Å². The van der Waals surface area contributed by atoms with Crippen LogP contribution in [0.25, 0.3) is 22.0 Å². The average molecular weight is 382 g/mol. The van der Waals surface area contributed by atoms with Gasteiger partial charge in [-0.25, -0.2) is 9.97 Å². The van der Waals surface area contributed by atoms with Gasteiger partial charge in [0.05, 0.1) is 5.52 Å². The van der Waals surface area contributed by atoms with Crippen LogP contribution >= 0.6 is 11.6 Å². The van der Waals surface area contributed by atoms with Crippen LogP contribution in [0, 0.1) is 20.8 Å². The number of hydrogen-bond donors (Lipinski definition) is 0. The van der Waals surface area contributed by atoms with Crippen molar-refractivity contribution in [3.63, 3.8) is 0 Å². The molecule has 0 unspecified atom stereocenters. The maximum Gasteiger partial charge on any atom is 0.140 e. The number of anilines is 1. The minimum absolute atomic E-state index is 0.723. The lowest BCUT2D eigenvalue weighted by Crippen LogP contribution is -2.25. The highest BCUT2D eigenvalue weighted by Crippen LogP contribution is 2.37. The smallest absolute Gasteiger partial charge is 0.140 e. The highest BCUT2D eigenvalue weighted by Gasteiger charge is 2.18. The Labute approximate surface area is 167 Å². The van der Waals surface area contributed by atoms with Gasteiger partial charge >= 0.3 is 0 Å². The zero-order valence-corrected chi connectivity index (χ0v) is 17.7. The van der Waals surface area contributed by atoms with Gasteiger partial charge in [-0.05, 0) is 62.9 Å². The van der Waals surface area contributed by atoms with Gasteiger partial charge < -0.3 is 4.90 Å². The molecule has 3 rings (SSSR count). The third-order valence-electron chi connectivity index (χ3n) is 5.07. The van der Waals surface area contributed by atoms with Crippen LogP contribution in [0.2, 0.25) is 5.02 Å². The molecule has 0 saturated carbocycles. The van der Waals surface area contributed by atoms with Gasteiger partial charge in [0.15, 0.2) is 0 Å². The third kappa shape index (κ3) is 3.93. The second-order valence-corrected chi connectivity index (χ2v) is 7.58. The van der Waals surface area contributed by atoms with Gasteiger partial charge in [-0.15, -0.1) is 0 Å². The number of aromatic nitrogens is 2. The first kappa shape index (κ1) is 19.6. The fourth-order valence-electron chi connectivity index (χ4n) is 3.72. The van der Waals surface area contributed by atoms with Crippen molar-refractivity contribution in [1.29, 1.82) is 0 Å². The SMILES string of the molecule is CCCCN(CC)c1nc(C)nc2c(-c3c(C)cccc3C)cc(Cl)cc12. The molecule has 1 heterocycles. The van der Waals surface area contributed by atoms with E-state index in [1.54, 1.807) is 0 Å². The van der Waals surface area contributed by atoms with Crippen LogP contribution in [0.4, 0.5) is 5.82 Å². The van der Waals surface area contributed by atoms with Crippen LogP contribution in [0.1, 0.15) is 43.6 Å². The van der Waals surface area contributed by atoms with Gasteiger partial charge in [-0.2, -0.15) is 0 Å². The Morgan fingerprint density at radius 2 is 1.70 bits per heavy atom. The summed E-state index contributed by atoms with van der Waals surface area (Å²) in [4.78, 5) is 12.0. The minimum atomic E-state index is 0.723. The maximum absolute atomic E-state index is 6.57. The van der Waals surface area contributed by atoms with Gasteiger partial charge in [0, 0.05) is 29.1 Å². The van der Waals surface area contributed by atoms with E-state index >= 15 is 0 Å². The topological polar surface area (TPSA) is 29.0 Å². The Morgan fingerprint density at radius 1 is 1.00 bits per heavy atom. The molecule has 1 aromatic heterocycles. The van der Waals surface area contributed by atoms with Crippen LogP contribution < -0.4 is 4.90 Å². The summed E-state index contributed by atoms with van der Waals surface area (Å²) >= 11 is 6.57. The summed E-state index contributed by atoms with van der Waals surface area (Å²) in [5.74, 6) is 1.78. The monoisotopic (exact) mass is 381 g/mol. The molecule has 4 heteroatoms. The van der Waals surface area contributed by atoms with E-state index in [9.17, 15) is 0 Å². The van der Waals surface area contributed by atoms with Crippen molar-refractivity contribution in [3.05, 3.63) is 52.3 Å². The highest BCUT2D eigenvalue weighted by atomic mass is 35.5. The molecule has 3 nitrogen and oxygen atoms in total. The molecule has 142 valence electrons. The molecule has 0 bridgehead atoms. The van der Waals surface area contributed by atoms with Crippen molar-refractivity contribution >= 4 is 28.3 Å². The van der Waals surface area contributed by atoms with Crippen molar-refractivity contribution in [2.45, 2.75) is 47.5 Å². The molecule has 0 N–H and O–H groups in total. The van der Waals surface area contributed by atoms with Gasteiger partial charge in [0.25, 0.3) is 0 Å². The van der Waals surface area contributed by atoms with E-state index in [1.165, 1.54) is 16.7 Å². The normalized spacial score (nSPS) is 11.2. The van der Waals surface area contributed by atoms with Crippen molar-refractivity contribution in [1.82, 2.24) is 9.97 Å². The van der Waals surface area contributed by atoms with Crippen LogP contribution in [-0.4, -0.2) is 23.1 Å². The van der Waals surface area contributed by atoms with Crippen molar-refractivity contribution in [3.8, 4) is 11.1 Å². The van der Waals surface area contributed by atoms with E-state index in [-0.39, 0.29) is 0 Å². The van der Waals surface area contributed by atoms with Crippen molar-refractivity contribution in [2.75, 3.05) is 18.0 Å². The van der Waals surface area contributed by atoms with Gasteiger partial charge in [-0.3, -0.25) is 0 Å². The van der Waals surface area contributed by atoms with E-state index in [0.29, 0.717) is 0 Å². The molecule has 3 aromatic rings. The molecule has 27 heavy (non-hydrogen) atoms. The predicted molar refractivity (Wildman–Crippen MR) is 117 cm³/mol. The number of rotatable bonds is 6. The minimum Gasteiger partial charge on any atom is -0.356 e. The summed E-state index contributed by atoms with van der Waals surface area (Å²) in [6.45, 7) is 12.6. The summed E-state index contributed by atoms with van der Waals surface area (Å²) in [6, 6.07) is 10.4. The molecule has 0 saturated heterocycles. The van der Waals surface area contributed by atoms with E-state index in [1.807, 2.05) is 19.1 Å². The summed E-state index contributed by atoms with van der Waals surface area (Å²) in [5.41, 5.74) is 5.75. The maximum atomic E-state index is 6.57. The number of aryl methyl sites for hydroxylation is 3. The summed E-state index contributed by atoms with van der Waals surface area (Å²) in [7, 11) is 0. The molecule has 0 aliphatic heterocycles. The summed E-state index contributed by atoms with van der Waals surface area (Å²) < 4.78 is 0. The first-order valence-corrected chi connectivity index (χ1v) is 10.1. The molecule has 0 aliphatic carbocycles. The van der Waals surface area contributed by atoms with Crippen LogP contribution in [0.5, 0.6) is 0 Å². The Balaban J connectivity index is 2.32. The molecule has 0 radical (unpaired) electrons. The molecule has 0 amide bonds. The number of unbranched alkanes of at least 4 members (excludes halogenated alkanes) is 1. The zero-order chi connectivity index (χ0) is 19.6. The fourth-order valence-corrected chi connectivity index (χ4v) is 3.94. The lowest BCUT2D eigenvalue weighted by Gasteiger charge is -2.24. The van der Waals surface area contributed by atoms with Gasteiger partial charge in [0.2, 0.25) is 0 Å². The Bertz CT molecular complexity index is 945. The molecule has 0 fully saturated rings. The summed E-state index contributed by atoms with van der Waals surface area (Å²) in [5, 5.41) is 1.75. The average Bonchev–Trinajstić information content (AvgIpc) is 2.62. The second-order valence-electron chi connectivity index (χ2n) is 7.14. The molecule has 0 aliphatic rings. The van der Waals surface area contributed by atoms with E-state index in [4.69, 9.17) is 21.6 Å². The fraction of sp³-hybridized carbons (Fsp3) is 0.391. The van der Waals surface area contributed by atoms with Crippen molar-refractivity contribution in [2.24, 2.45) is 0 Å². The highest BCUT2D eigenvalue weighted by molar-refractivity contribution is 6.32. The number of nitrogens with zero attached hydrogens (tertiary/aromatic N) is 3. The Morgan fingerprint density at radius 3 is 2.33 bits per heavy atom. The van der Waals surface area contributed by atoms with E-state index in [0.717, 1.165) is 59.1 Å². The first-order valence-electron chi connectivity index (χ1n) is 9.75. The second kappa shape index (κ2) is 8.26. The third-order valence-corrected chi connectivity index (χ3v) is 5.29. The lowest BCUT2D eigenvalue weighted by atomic mass is 9.94. The van der Waals surface area contributed by atoms with Crippen LogP contribution in [0.15, 0.2) is 30.3 Å². The largest absolute Gasteiger partial charge is 0.356 e. The van der Waals surface area contributed by atoms with E-state index in [2.05, 4.69) is 50.8 Å². The lowest BCUT2D eigenvalue weighted by molar-refractivity contribution is 0.724. The van der Waals surface area contributed by atoms with Crippen molar-refractivity contribution < 1.29 is 0 Å². The quantitative estimate of drug-likeness (QED) is 0.487. The standard InChI is InChI=1S/C23H28ClN3/c1-6-8-12-27(7-2)23-20-14-18(24)13-19(22(20)25-17(5)26-23)21-15(3)10-9-11-16(21)4/h9-11,13-14H,6-8,12H2,1-5H3. The van der Waals surface area contributed by atoms with E-state index < -0.39 is 0 Å². The van der Waals surface area contributed by atoms with Crippen LogP contribution in [0.3, 0.4) is 0 Å². The number of benzene rings is 2.